The van der Waals surface area contributed by atoms with Crippen molar-refractivity contribution in [3.05, 3.63) is 53.9 Å². The quantitative estimate of drug-likeness (QED) is 0.478. The van der Waals surface area contributed by atoms with Gasteiger partial charge in [-0.1, -0.05) is 41.6 Å². The molecule has 2 nitrogen and oxygen atoms in total. The van der Waals surface area contributed by atoms with Gasteiger partial charge in [0, 0.05) is 0 Å². The highest BCUT2D eigenvalue weighted by molar-refractivity contribution is 5.81. The van der Waals surface area contributed by atoms with Crippen LogP contribution in [0.25, 0.3) is 10.8 Å². The molecule has 0 aliphatic carbocycles. The Morgan fingerprint density at radius 2 is 1.31 bits per heavy atom. The van der Waals surface area contributed by atoms with Gasteiger partial charge in [0.1, 0.15) is 5.36 Å². The third-order valence-electron chi connectivity index (χ3n) is 1.98. The summed E-state index contributed by atoms with van der Waals surface area (Å²) in [5, 5.41) is 14.6. The van der Waals surface area contributed by atoms with E-state index in [9.17, 15) is 0 Å². The summed E-state index contributed by atoms with van der Waals surface area (Å²) in [6.07, 6.45) is 0. The Bertz CT molecular complexity index is 450. The molecule has 0 bridgehead atoms. The minimum absolute atomic E-state index is 0.566. The van der Waals surface area contributed by atoms with Gasteiger partial charge >= 0.3 is 0 Å². The van der Waals surface area contributed by atoms with Crippen LogP contribution in [0.15, 0.2) is 53.7 Å². The average molecular weight is 171 g/mol. The predicted octanol–water partition coefficient (Wildman–Crippen LogP) is 2.13. The molecule has 2 aromatic rings. The number of nitrogens with zero attached hydrogens (tertiary/aromatic N) is 1. The highest BCUT2D eigenvalue weighted by atomic mass is 16.4. The topological polar surface area (TPSA) is 32.6 Å². The Labute approximate surface area is 75.8 Å². The zero-order chi connectivity index (χ0) is 9.10. The summed E-state index contributed by atoms with van der Waals surface area (Å²) in [7, 11) is 0. The van der Waals surface area contributed by atoms with Crippen molar-refractivity contribution in [3.8, 4) is 0 Å². The lowest BCUT2D eigenvalue weighted by atomic mass is 10.2. The molecule has 2 aromatic carbocycles. The van der Waals surface area contributed by atoms with E-state index in [1.165, 1.54) is 0 Å². The molecule has 0 heterocycles. The number of benzene rings is 1. The van der Waals surface area contributed by atoms with Gasteiger partial charge in [0.2, 0.25) is 0 Å². The van der Waals surface area contributed by atoms with Crippen molar-refractivity contribution >= 4 is 10.8 Å². The van der Waals surface area contributed by atoms with Gasteiger partial charge in [-0.2, -0.15) is 0 Å². The molecule has 2 rings (SSSR count). The first-order valence-corrected chi connectivity index (χ1v) is 4.07. The van der Waals surface area contributed by atoms with Crippen LogP contribution in [0.4, 0.5) is 0 Å². The summed E-state index contributed by atoms with van der Waals surface area (Å²) >= 11 is 0. The Morgan fingerprint density at radius 3 is 1.77 bits per heavy atom. The van der Waals surface area contributed by atoms with Crippen LogP contribution in [-0.4, -0.2) is 5.21 Å². The molecule has 0 saturated heterocycles. The number of fused-ring (bicyclic) bond motifs is 1. The smallest absolute Gasteiger partial charge is 0.102 e. The molecule has 13 heavy (non-hydrogen) atoms. The third kappa shape index (κ3) is 1.51. The molecule has 0 spiro atoms. The Morgan fingerprint density at radius 1 is 0.769 bits per heavy atom. The second kappa shape index (κ2) is 3.27. The van der Waals surface area contributed by atoms with Crippen molar-refractivity contribution in [3.63, 3.8) is 0 Å². The molecule has 0 atom stereocenters. The normalized spacial score (nSPS) is 9.85. The molecule has 64 valence electrons. The maximum absolute atomic E-state index is 8.58. The maximum atomic E-state index is 8.58. The highest BCUT2D eigenvalue weighted by Crippen LogP contribution is 2.09. The van der Waals surface area contributed by atoms with Crippen LogP contribution < -0.4 is 5.36 Å². The molecule has 0 aromatic heterocycles. The second-order valence-corrected chi connectivity index (χ2v) is 2.82. The summed E-state index contributed by atoms with van der Waals surface area (Å²) in [5.74, 6) is 0. The summed E-state index contributed by atoms with van der Waals surface area (Å²) in [6.45, 7) is 0. The average Bonchev–Trinajstić information content (AvgIpc) is 2.39. The van der Waals surface area contributed by atoms with Crippen molar-refractivity contribution in [2.45, 2.75) is 0 Å². The van der Waals surface area contributed by atoms with Crippen molar-refractivity contribution < 1.29 is 5.21 Å². The lowest BCUT2D eigenvalue weighted by Crippen LogP contribution is -1.93. The standard InChI is InChI=1S/C11H9NO/c13-12-11-7-5-9-3-1-2-4-10(9)6-8-11/h1-8,13H. The van der Waals surface area contributed by atoms with E-state index in [1.54, 1.807) is 12.1 Å². The van der Waals surface area contributed by atoms with Gasteiger partial charge in [0.15, 0.2) is 0 Å². The van der Waals surface area contributed by atoms with E-state index in [0.717, 1.165) is 10.8 Å². The van der Waals surface area contributed by atoms with Crippen LogP contribution in [0.1, 0.15) is 0 Å². The van der Waals surface area contributed by atoms with E-state index >= 15 is 0 Å². The molecule has 0 aliphatic heterocycles. The van der Waals surface area contributed by atoms with Gasteiger partial charge < -0.3 is 5.21 Å². The molecule has 0 fully saturated rings. The lowest BCUT2D eigenvalue weighted by Gasteiger charge is -1.87. The van der Waals surface area contributed by atoms with Crippen molar-refractivity contribution in [2.24, 2.45) is 5.16 Å². The lowest BCUT2D eigenvalue weighted by molar-refractivity contribution is 0.302. The maximum Gasteiger partial charge on any atom is 0.102 e. The number of hydrogen-bond acceptors (Lipinski definition) is 2. The van der Waals surface area contributed by atoms with E-state index in [0.29, 0.717) is 5.36 Å². The predicted molar refractivity (Wildman–Crippen MR) is 51.3 cm³/mol. The summed E-state index contributed by atoms with van der Waals surface area (Å²) in [5.41, 5.74) is 0. The van der Waals surface area contributed by atoms with Crippen molar-refractivity contribution in [1.29, 1.82) is 0 Å². The first kappa shape index (κ1) is 7.80. The van der Waals surface area contributed by atoms with Gasteiger partial charge in [-0.25, -0.2) is 0 Å². The molecule has 0 amide bonds. The molecule has 0 aliphatic rings. The fourth-order valence-electron chi connectivity index (χ4n) is 1.29. The summed E-state index contributed by atoms with van der Waals surface area (Å²) in [6, 6.07) is 15.4. The van der Waals surface area contributed by atoms with Crippen LogP contribution in [0, 0.1) is 0 Å². The first-order valence-electron chi connectivity index (χ1n) is 4.07. The fraction of sp³-hybridized carbons (Fsp3) is 0. The summed E-state index contributed by atoms with van der Waals surface area (Å²) < 4.78 is 0. The molecular weight excluding hydrogens is 162 g/mol. The van der Waals surface area contributed by atoms with Crippen molar-refractivity contribution in [1.82, 2.24) is 0 Å². The zero-order valence-electron chi connectivity index (χ0n) is 7.01. The molecule has 2 heteroatoms. The molecule has 0 unspecified atom stereocenters. The van der Waals surface area contributed by atoms with Crippen LogP contribution in [0.5, 0.6) is 0 Å². The van der Waals surface area contributed by atoms with Gasteiger partial charge in [0.25, 0.3) is 0 Å². The molecule has 0 radical (unpaired) electrons. The minimum Gasteiger partial charge on any atom is -0.410 e. The Balaban J connectivity index is 2.86. The minimum atomic E-state index is 0.566. The number of hydrogen-bond donors (Lipinski definition) is 1. The van der Waals surface area contributed by atoms with Crippen LogP contribution >= 0.6 is 0 Å². The van der Waals surface area contributed by atoms with E-state index in [4.69, 9.17) is 5.21 Å². The van der Waals surface area contributed by atoms with E-state index in [2.05, 4.69) is 5.16 Å². The van der Waals surface area contributed by atoms with E-state index in [1.807, 2.05) is 36.4 Å². The van der Waals surface area contributed by atoms with E-state index in [-0.39, 0.29) is 0 Å². The van der Waals surface area contributed by atoms with Crippen LogP contribution in [0.2, 0.25) is 0 Å². The van der Waals surface area contributed by atoms with Gasteiger partial charge in [-0.3, -0.25) is 0 Å². The zero-order valence-corrected chi connectivity index (χ0v) is 7.01. The monoisotopic (exact) mass is 171 g/mol. The van der Waals surface area contributed by atoms with Gasteiger partial charge in [-0.05, 0) is 22.9 Å². The number of rotatable bonds is 0. The molecule has 1 N–H and O–H groups in total. The highest BCUT2D eigenvalue weighted by Gasteiger charge is 1.87. The fourth-order valence-corrected chi connectivity index (χ4v) is 1.29. The first-order chi connectivity index (χ1) is 6.40. The molecule has 0 saturated carbocycles. The summed E-state index contributed by atoms with van der Waals surface area (Å²) in [4.78, 5) is 0. The van der Waals surface area contributed by atoms with Crippen molar-refractivity contribution in [2.75, 3.05) is 0 Å². The molecular formula is C11H9NO. The second-order valence-electron chi connectivity index (χ2n) is 2.82. The van der Waals surface area contributed by atoms with E-state index < -0.39 is 0 Å². The Kier molecular flexibility index (Phi) is 1.96. The third-order valence-corrected chi connectivity index (χ3v) is 1.98. The van der Waals surface area contributed by atoms with Crippen LogP contribution in [-0.2, 0) is 0 Å². The van der Waals surface area contributed by atoms with Gasteiger partial charge in [-0.15, -0.1) is 0 Å². The van der Waals surface area contributed by atoms with Crippen LogP contribution in [0.3, 0.4) is 0 Å². The SMILES string of the molecule is ON=c1ccc2ccccc2cc1. The Hall–Kier alpha value is -1.83. The van der Waals surface area contributed by atoms with Gasteiger partial charge in [0.05, 0.1) is 0 Å². The largest absolute Gasteiger partial charge is 0.410 e.